The Kier molecular flexibility index (Phi) is 4.12. The second-order valence-corrected chi connectivity index (χ2v) is 6.79. The lowest BCUT2D eigenvalue weighted by atomic mass is 10.0. The van der Waals surface area contributed by atoms with Gasteiger partial charge in [0.05, 0.1) is 23.1 Å². The number of carboxylic acids is 1. The lowest BCUT2D eigenvalue weighted by molar-refractivity contribution is 0.0692. The maximum Gasteiger partial charge on any atom is 0.337 e. The van der Waals surface area contributed by atoms with E-state index in [1.54, 1.807) is 0 Å². The van der Waals surface area contributed by atoms with E-state index in [9.17, 15) is 18.3 Å². The Hall–Kier alpha value is -1.44. The zero-order valence-corrected chi connectivity index (χ0v) is 11.9. The lowest BCUT2D eigenvalue weighted by Crippen LogP contribution is -2.40. The van der Waals surface area contributed by atoms with Gasteiger partial charge >= 0.3 is 5.97 Å². The molecule has 1 aromatic carbocycles. The second-order valence-electron chi connectivity index (χ2n) is 4.93. The highest BCUT2D eigenvalue weighted by atomic mass is 32.2. The third-order valence-electron chi connectivity index (χ3n) is 3.72. The van der Waals surface area contributed by atoms with E-state index in [1.807, 2.05) is 6.92 Å². The summed E-state index contributed by atoms with van der Waals surface area (Å²) in [6.45, 7) is 1.90. The minimum atomic E-state index is -3.92. The van der Waals surface area contributed by atoms with Crippen molar-refractivity contribution >= 4 is 16.0 Å². The number of hydrogen-bond donors (Lipinski definition) is 2. The Morgan fingerprint density at radius 2 is 2.05 bits per heavy atom. The number of benzene rings is 1. The van der Waals surface area contributed by atoms with Crippen molar-refractivity contribution in [2.75, 3.05) is 13.2 Å². The monoisotopic (exact) mass is 299 g/mol. The first-order valence-electron chi connectivity index (χ1n) is 6.34. The Bertz CT molecular complexity index is 613. The molecule has 0 aromatic heterocycles. The number of carboxylic acid groups (broad SMARTS) is 1. The van der Waals surface area contributed by atoms with Crippen LogP contribution < -0.4 is 0 Å². The molecule has 0 radical (unpaired) electrons. The van der Waals surface area contributed by atoms with Gasteiger partial charge in [-0.25, -0.2) is 13.2 Å². The van der Waals surface area contributed by atoms with E-state index in [4.69, 9.17) is 5.11 Å². The van der Waals surface area contributed by atoms with E-state index in [0.29, 0.717) is 13.0 Å². The summed E-state index contributed by atoms with van der Waals surface area (Å²) in [5, 5.41) is 18.5. The Morgan fingerprint density at radius 3 is 2.65 bits per heavy atom. The lowest BCUT2D eigenvalue weighted by Gasteiger charge is -2.25. The molecule has 1 aromatic rings. The number of aliphatic hydroxyl groups is 1. The fourth-order valence-corrected chi connectivity index (χ4v) is 4.45. The van der Waals surface area contributed by atoms with Crippen LogP contribution in [-0.4, -0.2) is 48.1 Å². The first-order valence-corrected chi connectivity index (χ1v) is 7.78. The van der Waals surface area contributed by atoms with Crippen molar-refractivity contribution in [3.63, 3.8) is 0 Å². The number of hydrogen-bond acceptors (Lipinski definition) is 4. The highest BCUT2D eigenvalue weighted by molar-refractivity contribution is 7.89. The number of rotatable bonds is 4. The summed E-state index contributed by atoms with van der Waals surface area (Å²) in [6.07, 6.45) is 0.652. The normalized spacial score (nSPS) is 23.9. The predicted molar refractivity (Wildman–Crippen MR) is 71.9 cm³/mol. The Balaban J connectivity index is 2.49. The zero-order chi connectivity index (χ0) is 14.9. The molecule has 1 aliphatic heterocycles. The highest BCUT2D eigenvalue weighted by Crippen LogP contribution is 2.31. The van der Waals surface area contributed by atoms with Crippen molar-refractivity contribution in [2.45, 2.75) is 24.3 Å². The van der Waals surface area contributed by atoms with Crippen molar-refractivity contribution in [1.82, 2.24) is 4.31 Å². The predicted octanol–water partition coefficient (Wildman–Crippen LogP) is 0.776. The van der Waals surface area contributed by atoms with Crippen LogP contribution in [0.25, 0.3) is 0 Å². The van der Waals surface area contributed by atoms with Crippen LogP contribution in [0.5, 0.6) is 0 Å². The van der Waals surface area contributed by atoms with Gasteiger partial charge in [-0.3, -0.25) is 0 Å². The number of aliphatic hydroxyl groups excluding tert-OH is 1. The average Bonchev–Trinajstić information content (AvgIpc) is 2.80. The summed E-state index contributed by atoms with van der Waals surface area (Å²) in [5.74, 6) is -1.23. The molecular weight excluding hydrogens is 282 g/mol. The molecular formula is C13H17NO5S. The van der Waals surface area contributed by atoms with Gasteiger partial charge in [-0.15, -0.1) is 0 Å². The Labute approximate surface area is 117 Å². The number of nitrogens with zero attached hydrogens (tertiary/aromatic N) is 1. The summed E-state index contributed by atoms with van der Waals surface area (Å²) in [6, 6.07) is 5.03. The fraction of sp³-hybridized carbons (Fsp3) is 0.462. The number of aromatic carboxylic acids is 1. The van der Waals surface area contributed by atoms with Crippen LogP contribution in [-0.2, 0) is 10.0 Å². The van der Waals surface area contributed by atoms with Crippen LogP contribution in [0.3, 0.4) is 0 Å². The second kappa shape index (κ2) is 5.51. The molecule has 2 N–H and O–H groups in total. The van der Waals surface area contributed by atoms with Crippen molar-refractivity contribution < 1.29 is 23.4 Å². The van der Waals surface area contributed by atoms with E-state index < -0.39 is 22.0 Å². The van der Waals surface area contributed by atoms with E-state index >= 15 is 0 Å². The molecule has 1 fully saturated rings. The van der Waals surface area contributed by atoms with Gasteiger partial charge in [-0.05, 0) is 24.5 Å². The Morgan fingerprint density at radius 1 is 1.40 bits per heavy atom. The van der Waals surface area contributed by atoms with Crippen molar-refractivity contribution in [2.24, 2.45) is 5.92 Å². The summed E-state index contributed by atoms with van der Waals surface area (Å²) in [5.41, 5.74) is -0.247. The zero-order valence-electron chi connectivity index (χ0n) is 11.1. The molecule has 0 saturated carbocycles. The van der Waals surface area contributed by atoms with Crippen LogP contribution in [0.2, 0.25) is 0 Å². The molecule has 0 spiro atoms. The van der Waals surface area contributed by atoms with Crippen LogP contribution in [0.4, 0.5) is 0 Å². The molecule has 1 saturated heterocycles. The molecule has 20 heavy (non-hydrogen) atoms. The standard InChI is InChI=1S/C13H17NO5S/c1-9-6-7-14(11(9)8-15)20(18,19)12-5-3-2-4-10(12)13(16)17/h2-5,9,11,15H,6-8H2,1H3,(H,16,17). The molecule has 0 aliphatic carbocycles. The number of sulfonamides is 1. The first-order chi connectivity index (χ1) is 9.39. The molecule has 7 heteroatoms. The molecule has 2 rings (SSSR count). The van der Waals surface area contributed by atoms with Crippen LogP contribution >= 0.6 is 0 Å². The fourth-order valence-electron chi connectivity index (χ4n) is 2.54. The molecule has 0 amide bonds. The van der Waals surface area contributed by atoms with Crippen molar-refractivity contribution in [3.05, 3.63) is 29.8 Å². The molecule has 6 nitrogen and oxygen atoms in total. The molecule has 110 valence electrons. The summed E-state index contributed by atoms with van der Waals surface area (Å²) in [7, 11) is -3.92. The summed E-state index contributed by atoms with van der Waals surface area (Å²) >= 11 is 0. The van der Waals surface area contributed by atoms with Crippen molar-refractivity contribution in [1.29, 1.82) is 0 Å². The maximum atomic E-state index is 12.6. The molecule has 1 aliphatic rings. The van der Waals surface area contributed by atoms with Gasteiger partial charge in [0, 0.05) is 6.54 Å². The highest BCUT2D eigenvalue weighted by Gasteiger charge is 2.40. The maximum absolute atomic E-state index is 12.6. The van der Waals surface area contributed by atoms with Crippen LogP contribution in [0.1, 0.15) is 23.7 Å². The van der Waals surface area contributed by atoms with Crippen LogP contribution in [0.15, 0.2) is 29.2 Å². The van der Waals surface area contributed by atoms with Gasteiger partial charge in [0.1, 0.15) is 0 Å². The smallest absolute Gasteiger partial charge is 0.337 e. The quantitative estimate of drug-likeness (QED) is 0.856. The van der Waals surface area contributed by atoms with Gasteiger partial charge in [-0.1, -0.05) is 19.1 Å². The third-order valence-corrected chi connectivity index (χ3v) is 5.71. The molecule has 1 heterocycles. The van der Waals surface area contributed by atoms with E-state index in [1.165, 1.54) is 28.6 Å². The minimum Gasteiger partial charge on any atom is -0.478 e. The third kappa shape index (κ3) is 2.44. The van der Waals surface area contributed by atoms with Gasteiger partial charge < -0.3 is 10.2 Å². The largest absolute Gasteiger partial charge is 0.478 e. The van der Waals surface area contributed by atoms with E-state index in [2.05, 4.69) is 0 Å². The van der Waals surface area contributed by atoms with Crippen molar-refractivity contribution in [3.8, 4) is 0 Å². The van der Waals surface area contributed by atoms with E-state index in [-0.39, 0.29) is 23.0 Å². The molecule has 2 unspecified atom stereocenters. The van der Waals surface area contributed by atoms with Gasteiger partial charge in [0.2, 0.25) is 10.0 Å². The minimum absolute atomic E-state index is 0.0479. The first kappa shape index (κ1) is 15.0. The SMILES string of the molecule is CC1CCN(S(=O)(=O)c2ccccc2C(=O)O)C1CO. The van der Waals surface area contributed by atoms with Gasteiger partial charge in [0.15, 0.2) is 0 Å². The van der Waals surface area contributed by atoms with Gasteiger partial charge in [-0.2, -0.15) is 4.31 Å². The average molecular weight is 299 g/mol. The van der Waals surface area contributed by atoms with E-state index in [0.717, 1.165) is 0 Å². The topological polar surface area (TPSA) is 94.9 Å². The summed E-state index contributed by atoms with van der Waals surface area (Å²) < 4.78 is 26.5. The van der Waals surface area contributed by atoms with Gasteiger partial charge in [0.25, 0.3) is 0 Å². The summed E-state index contributed by atoms with van der Waals surface area (Å²) in [4.78, 5) is 10.9. The molecule has 0 bridgehead atoms. The van der Waals surface area contributed by atoms with Crippen LogP contribution in [0, 0.1) is 5.92 Å². The number of carbonyl (C=O) groups is 1. The molecule has 2 atom stereocenters.